The van der Waals surface area contributed by atoms with Crippen molar-refractivity contribution < 1.29 is 36.7 Å². The monoisotopic (exact) mass is 447 g/mol. The number of fused-ring (bicyclic) bond motifs is 1. The zero-order valence-electron chi connectivity index (χ0n) is 13.9. The Bertz CT molecular complexity index is 1170. The lowest BCUT2D eigenvalue weighted by Crippen LogP contribution is -2.11. The number of Topliss-reactive ketones (excluding diaryl/α,β-unsaturated/α-hetero) is 1. The minimum atomic E-state index is -3.49. The summed E-state index contributed by atoms with van der Waals surface area (Å²) in [4.78, 5) is 27.3. The van der Waals surface area contributed by atoms with Crippen LogP contribution in [0.4, 0.5) is 17.6 Å². The van der Waals surface area contributed by atoms with Gasteiger partial charge < -0.3 is 9.52 Å². The molecule has 1 N–H and O–H groups in total. The Kier molecular flexibility index (Phi) is 5.63. The van der Waals surface area contributed by atoms with E-state index in [9.17, 15) is 27.2 Å². The topological polar surface area (TPSA) is 80.4 Å². The third-order valence-electron chi connectivity index (χ3n) is 3.88. The lowest BCUT2D eigenvalue weighted by molar-refractivity contribution is 0.0697. The summed E-state index contributed by atoms with van der Waals surface area (Å²) < 4.78 is 60.5. The summed E-state index contributed by atoms with van der Waals surface area (Å²) in [5.74, 6) is -5.96. The Hall–Kier alpha value is -2.91. The van der Waals surface area contributed by atoms with Crippen molar-refractivity contribution in [2.75, 3.05) is 0 Å². The Balaban J connectivity index is 2.20. The number of pyridine rings is 1. The second kappa shape index (κ2) is 7.84. The molecule has 5 nitrogen and oxygen atoms in total. The van der Waals surface area contributed by atoms with Crippen LogP contribution in [0.5, 0.6) is 0 Å². The van der Waals surface area contributed by atoms with Gasteiger partial charge in [-0.25, -0.2) is 22.4 Å². The van der Waals surface area contributed by atoms with Gasteiger partial charge in [0.2, 0.25) is 5.78 Å². The maximum atomic E-state index is 14.8. The molecule has 1 aromatic carbocycles. The zero-order valence-corrected chi connectivity index (χ0v) is 15.4. The lowest BCUT2D eigenvalue weighted by atomic mass is 10.0. The van der Waals surface area contributed by atoms with Crippen LogP contribution >= 0.6 is 23.2 Å². The molecule has 0 saturated carbocycles. The Morgan fingerprint density at radius 1 is 1.17 bits per heavy atom. The minimum Gasteiger partial charge on any atom is -0.477 e. The van der Waals surface area contributed by atoms with Crippen LogP contribution in [0.2, 0.25) is 10.0 Å². The molecule has 0 amide bonds. The molecule has 3 rings (SSSR count). The Morgan fingerprint density at radius 3 is 2.34 bits per heavy atom. The van der Waals surface area contributed by atoms with E-state index in [1.165, 1.54) is 0 Å². The molecule has 0 spiro atoms. The molecule has 3 aromatic rings. The SMILES string of the molecule is O=C(/C(F)=C(\c1cc(Cl)c(F)c(Cl)c1)C(F)F)c1ncc(C(=O)O)c2occc12. The molecule has 0 radical (unpaired) electrons. The molecule has 2 heterocycles. The number of ketones is 1. The average molecular weight is 448 g/mol. The van der Waals surface area contributed by atoms with Gasteiger partial charge in [0.25, 0.3) is 6.43 Å². The van der Waals surface area contributed by atoms with E-state index in [0.717, 1.165) is 18.5 Å². The molecule has 29 heavy (non-hydrogen) atoms. The number of carboxylic acids is 1. The number of nitrogens with zero attached hydrogens (tertiary/aromatic N) is 1. The molecule has 2 aromatic heterocycles. The van der Waals surface area contributed by atoms with Crippen LogP contribution < -0.4 is 0 Å². The molecule has 0 aliphatic rings. The highest BCUT2D eigenvalue weighted by atomic mass is 35.5. The highest BCUT2D eigenvalue weighted by Crippen LogP contribution is 2.35. The van der Waals surface area contributed by atoms with Crippen LogP contribution in [-0.2, 0) is 0 Å². The van der Waals surface area contributed by atoms with Gasteiger partial charge in [0.05, 0.1) is 27.3 Å². The number of alkyl halides is 2. The summed E-state index contributed by atoms with van der Waals surface area (Å²) in [7, 11) is 0. The van der Waals surface area contributed by atoms with Crippen molar-refractivity contribution in [3.8, 4) is 0 Å². The summed E-state index contributed by atoms with van der Waals surface area (Å²) in [6, 6.07) is 2.54. The van der Waals surface area contributed by atoms with Crippen molar-refractivity contribution in [3.63, 3.8) is 0 Å². The van der Waals surface area contributed by atoms with Crippen LogP contribution in [0.25, 0.3) is 16.5 Å². The normalized spacial score (nSPS) is 12.4. The molecule has 11 heteroatoms. The van der Waals surface area contributed by atoms with E-state index in [-0.39, 0.29) is 11.0 Å². The first-order valence-electron chi connectivity index (χ1n) is 7.60. The lowest BCUT2D eigenvalue weighted by Gasteiger charge is -2.11. The number of aromatic carboxylic acids is 1. The van der Waals surface area contributed by atoms with Crippen LogP contribution in [0.15, 0.2) is 40.9 Å². The van der Waals surface area contributed by atoms with Gasteiger partial charge in [-0.15, -0.1) is 0 Å². The first-order chi connectivity index (χ1) is 13.6. The number of benzene rings is 1. The number of hydrogen-bond donors (Lipinski definition) is 1. The van der Waals surface area contributed by atoms with E-state index >= 15 is 0 Å². The standard InChI is InChI=1S/C18H7Cl2F4NO4/c19-9-3-6(4-10(20)12(9)21)11(17(23)24)13(22)15(26)14-7-1-2-29-16(7)8(5-25-14)18(27)28/h1-5,17H,(H,27,28)/b13-11-. The predicted molar refractivity (Wildman–Crippen MR) is 95.8 cm³/mol. The van der Waals surface area contributed by atoms with Crippen LogP contribution in [0.1, 0.15) is 26.4 Å². The molecule has 0 bridgehead atoms. The fraction of sp³-hybridized carbons (Fsp3) is 0.0556. The zero-order chi connectivity index (χ0) is 21.5. The summed E-state index contributed by atoms with van der Waals surface area (Å²) >= 11 is 11.1. The van der Waals surface area contributed by atoms with Crippen molar-refractivity contribution in [1.29, 1.82) is 0 Å². The van der Waals surface area contributed by atoms with Crippen molar-refractivity contribution in [1.82, 2.24) is 4.98 Å². The number of aromatic nitrogens is 1. The van der Waals surface area contributed by atoms with E-state index in [2.05, 4.69) is 4.98 Å². The van der Waals surface area contributed by atoms with Crippen LogP contribution in [-0.4, -0.2) is 28.3 Å². The van der Waals surface area contributed by atoms with Crippen molar-refractivity contribution in [2.24, 2.45) is 0 Å². The molecular formula is C18H7Cl2F4NO4. The van der Waals surface area contributed by atoms with Crippen LogP contribution in [0.3, 0.4) is 0 Å². The van der Waals surface area contributed by atoms with Crippen molar-refractivity contribution in [2.45, 2.75) is 6.43 Å². The van der Waals surface area contributed by atoms with Gasteiger partial charge in [0, 0.05) is 6.20 Å². The van der Waals surface area contributed by atoms with Gasteiger partial charge in [-0.3, -0.25) is 9.78 Å². The second-order valence-corrected chi connectivity index (χ2v) is 6.41. The largest absolute Gasteiger partial charge is 0.477 e. The summed E-state index contributed by atoms with van der Waals surface area (Å²) in [6.45, 7) is 0. The van der Waals surface area contributed by atoms with Crippen molar-refractivity contribution in [3.05, 3.63) is 69.2 Å². The molecular weight excluding hydrogens is 441 g/mol. The molecule has 0 fully saturated rings. The maximum Gasteiger partial charge on any atom is 0.341 e. The summed E-state index contributed by atoms with van der Waals surface area (Å²) in [5.41, 5.74) is -3.31. The fourth-order valence-electron chi connectivity index (χ4n) is 2.58. The molecule has 0 atom stereocenters. The quantitative estimate of drug-likeness (QED) is 0.231. The number of allylic oxidation sites excluding steroid dienone is 2. The van der Waals surface area contributed by atoms with Crippen molar-refractivity contribution >= 4 is 51.5 Å². The van der Waals surface area contributed by atoms with Gasteiger partial charge in [0.1, 0.15) is 11.3 Å². The Labute approximate surface area is 169 Å². The van der Waals surface area contributed by atoms with Gasteiger partial charge in [-0.2, -0.15) is 0 Å². The number of carboxylic acid groups (broad SMARTS) is 1. The number of halogens is 6. The second-order valence-electron chi connectivity index (χ2n) is 5.60. The minimum absolute atomic E-state index is 0.186. The van der Waals surface area contributed by atoms with E-state index in [0.29, 0.717) is 12.1 Å². The first kappa shape index (κ1) is 20.8. The number of rotatable bonds is 5. The number of furan rings is 1. The first-order valence-corrected chi connectivity index (χ1v) is 8.36. The smallest absolute Gasteiger partial charge is 0.341 e. The number of carbonyl (C=O) groups excluding carboxylic acids is 1. The summed E-state index contributed by atoms with van der Waals surface area (Å²) in [5, 5.41) is 7.62. The highest BCUT2D eigenvalue weighted by Gasteiger charge is 2.29. The third kappa shape index (κ3) is 3.70. The van der Waals surface area contributed by atoms with E-state index < -0.39 is 62.3 Å². The van der Waals surface area contributed by atoms with E-state index in [4.69, 9.17) is 32.7 Å². The predicted octanol–water partition coefficient (Wildman–Crippen LogP) is 5.80. The van der Waals surface area contributed by atoms with Gasteiger partial charge in [0.15, 0.2) is 17.2 Å². The van der Waals surface area contributed by atoms with Gasteiger partial charge >= 0.3 is 5.97 Å². The Morgan fingerprint density at radius 2 is 1.79 bits per heavy atom. The molecule has 0 saturated heterocycles. The van der Waals surface area contributed by atoms with Crippen LogP contribution in [0, 0.1) is 5.82 Å². The summed E-state index contributed by atoms with van der Waals surface area (Å²) in [6.07, 6.45) is -1.72. The third-order valence-corrected chi connectivity index (χ3v) is 4.43. The number of hydrogen-bond acceptors (Lipinski definition) is 4. The van der Waals surface area contributed by atoms with E-state index in [1.807, 2.05) is 0 Å². The number of carbonyl (C=O) groups is 2. The molecule has 150 valence electrons. The fourth-order valence-corrected chi connectivity index (χ4v) is 3.07. The van der Waals surface area contributed by atoms with Gasteiger partial charge in [-0.05, 0) is 23.8 Å². The van der Waals surface area contributed by atoms with E-state index in [1.54, 1.807) is 0 Å². The highest BCUT2D eigenvalue weighted by molar-refractivity contribution is 6.35. The average Bonchev–Trinajstić information content (AvgIpc) is 3.13. The molecule has 0 aliphatic carbocycles. The molecule has 0 aliphatic heterocycles. The molecule has 0 unspecified atom stereocenters. The van der Waals surface area contributed by atoms with Gasteiger partial charge in [-0.1, -0.05) is 23.2 Å². The maximum absolute atomic E-state index is 14.8.